The van der Waals surface area contributed by atoms with Gasteiger partial charge in [-0.05, 0) is 12.1 Å². The van der Waals surface area contributed by atoms with Crippen molar-refractivity contribution in [3.63, 3.8) is 0 Å². The summed E-state index contributed by atoms with van der Waals surface area (Å²) in [7, 11) is -5.00. The lowest BCUT2D eigenvalue weighted by atomic mass is 10.1. The number of rotatable bonds is 3. The molecule has 0 bridgehead atoms. The number of carbonyl (C=O) groups excluding carboxylic acids is 1. The molecule has 124 valence electrons. The Bertz CT molecular complexity index is 882. The molecular formula is C12H7BrF3NO5S. The number of methoxy groups -OCH3 is 1. The second kappa shape index (κ2) is 5.96. The fourth-order valence-electron chi connectivity index (χ4n) is 1.68. The number of hydrogen-bond acceptors (Lipinski definition) is 6. The van der Waals surface area contributed by atoms with E-state index in [0.29, 0.717) is 4.47 Å². The molecule has 1 aromatic carbocycles. The number of alkyl halides is 3. The van der Waals surface area contributed by atoms with Crippen molar-refractivity contribution < 1.29 is 35.3 Å². The normalized spacial score (nSPS) is 12.2. The number of halogens is 4. The molecule has 23 heavy (non-hydrogen) atoms. The number of fused-ring (bicyclic) bond motifs is 1. The van der Waals surface area contributed by atoms with Crippen molar-refractivity contribution in [2.45, 2.75) is 5.51 Å². The first kappa shape index (κ1) is 17.5. The first-order valence-corrected chi connectivity index (χ1v) is 7.95. The predicted molar refractivity (Wildman–Crippen MR) is 76.4 cm³/mol. The number of aromatic nitrogens is 1. The maximum absolute atomic E-state index is 12.6. The minimum absolute atomic E-state index is 0.241. The second-order valence-corrected chi connectivity index (χ2v) is 6.50. The number of esters is 1. The molecule has 0 atom stereocenters. The molecular weight excluding hydrogens is 407 g/mol. The minimum atomic E-state index is -5.98. The molecule has 0 unspecified atom stereocenters. The molecule has 2 aromatic rings. The fourth-order valence-corrected chi connectivity index (χ4v) is 2.71. The molecule has 1 heterocycles. The summed E-state index contributed by atoms with van der Waals surface area (Å²) in [5.74, 6) is -1.93. The van der Waals surface area contributed by atoms with Crippen LogP contribution in [0.25, 0.3) is 10.9 Å². The lowest BCUT2D eigenvalue weighted by molar-refractivity contribution is -0.0500. The molecule has 0 aliphatic rings. The van der Waals surface area contributed by atoms with Gasteiger partial charge in [0.25, 0.3) is 0 Å². The van der Waals surface area contributed by atoms with Gasteiger partial charge in [0.15, 0.2) is 5.75 Å². The number of benzene rings is 1. The number of hydrogen-bond donors (Lipinski definition) is 0. The van der Waals surface area contributed by atoms with Gasteiger partial charge in [-0.1, -0.05) is 22.0 Å². The van der Waals surface area contributed by atoms with Crippen LogP contribution >= 0.6 is 15.9 Å². The molecule has 1 aromatic heterocycles. The Morgan fingerprint density at radius 3 is 2.57 bits per heavy atom. The average Bonchev–Trinajstić information content (AvgIpc) is 2.48. The van der Waals surface area contributed by atoms with E-state index in [2.05, 4.69) is 29.8 Å². The SMILES string of the molecule is COC(=O)c1cc(Br)c2cccnc2c1OS(=O)(=O)C(F)(F)F. The summed E-state index contributed by atoms with van der Waals surface area (Å²) in [5.41, 5.74) is -6.41. The summed E-state index contributed by atoms with van der Waals surface area (Å²) in [6.45, 7) is 0. The maximum Gasteiger partial charge on any atom is 0.534 e. The van der Waals surface area contributed by atoms with Gasteiger partial charge in [-0.25, -0.2) is 4.79 Å². The lowest BCUT2D eigenvalue weighted by Gasteiger charge is -2.14. The van der Waals surface area contributed by atoms with Crippen LogP contribution in [0, 0.1) is 0 Å². The number of ether oxygens (including phenoxy) is 1. The van der Waals surface area contributed by atoms with Crippen LogP contribution in [0.4, 0.5) is 13.2 Å². The van der Waals surface area contributed by atoms with Crippen LogP contribution in [0.5, 0.6) is 5.75 Å². The van der Waals surface area contributed by atoms with E-state index < -0.39 is 32.9 Å². The molecule has 0 fully saturated rings. The zero-order valence-corrected chi connectivity index (χ0v) is 13.6. The summed E-state index contributed by atoms with van der Waals surface area (Å²) in [5, 5.41) is 0.257. The van der Waals surface area contributed by atoms with Gasteiger partial charge >= 0.3 is 21.6 Å². The first-order valence-electron chi connectivity index (χ1n) is 5.75. The van der Waals surface area contributed by atoms with E-state index >= 15 is 0 Å². The van der Waals surface area contributed by atoms with Crippen LogP contribution in [-0.2, 0) is 14.9 Å². The van der Waals surface area contributed by atoms with E-state index in [1.807, 2.05) is 0 Å². The number of carbonyl (C=O) groups is 1. The molecule has 2 rings (SSSR count). The van der Waals surface area contributed by atoms with Crippen LogP contribution in [-0.4, -0.2) is 32.0 Å². The molecule has 0 spiro atoms. The zero-order valence-electron chi connectivity index (χ0n) is 11.2. The molecule has 0 radical (unpaired) electrons. The van der Waals surface area contributed by atoms with Crippen LogP contribution in [0.1, 0.15) is 10.4 Å². The Kier molecular flexibility index (Phi) is 4.53. The fraction of sp³-hybridized carbons (Fsp3) is 0.167. The van der Waals surface area contributed by atoms with Crippen LogP contribution in [0.15, 0.2) is 28.9 Å². The summed E-state index contributed by atoms with van der Waals surface area (Å²) >= 11 is 3.12. The van der Waals surface area contributed by atoms with E-state index in [9.17, 15) is 26.4 Å². The third kappa shape index (κ3) is 3.24. The van der Waals surface area contributed by atoms with Crippen LogP contribution < -0.4 is 4.18 Å². The largest absolute Gasteiger partial charge is 0.534 e. The number of nitrogens with zero attached hydrogens (tertiary/aromatic N) is 1. The van der Waals surface area contributed by atoms with E-state index in [0.717, 1.165) is 13.2 Å². The van der Waals surface area contributed by atoms with Crippen LogP contribution in [0.3, 0.4) is 0 Å². The molecule has 11 heteroatoms. The van der Waals surface area contributed by atoms with Crippen molar-refractivity contribution in [1.29, 1.82) is 0 Å². The monoisotopic (exact) mass is 413 g/mol. The molecule has 0 saturated heterocycles. The van der Waals surface area contributed by atoms with Crippen molar-refractivity contribution >= 4 is 42.9 Å². The van der Waals surface area contributed by atoms with E-state index in [1.165, 1.54) is 18.3 Å². The minimum Gasteiger partial charge on any atom is -0.465 e. The molecule has 0 amide bonds. The van der Waals surface area contributed by atoms with Gasteiger partial charge in [0, 0.05) is 16.1 Å². The Labute approximate surface area is 136 Å². The molecule has 0 N–H and O–H groups in total. The third-order valence-electron chi connectivity index (χ3n) is 2.68. The standard InChI is InChI=1S/C12H7BrF3NO5S/c1-21-11(18)7-5-8(13)6-3-2-4-17-9(6)10(7)22-23(19,20)12(14,15)16/h2-5H,1H3. The molecule has 0 aliphatic carbocycles. The summed E-state index contributed by atoms with van der Waals surface area (Å²) in [4.78, 5) is 15.5. The Morgan fingerprint density at radius 2 is 2.00 bits per heavy atom. The van der Waals surface area contributed by atoms with Crippen molar-refractivity contribution in [2.75, 3.05) is 7.11 Å². The van der Waals surface area contributed by atoms with Gasteiger partial charge in [-0.2, -0.15) is 21.6 Å². The summed E-state index contributed by atoms with van der Waals surface area (Å²) in [6.07, 6.45) is 1.21. The zero-order chi connectivity index (χ0) is 17.4. The Hall–Kier alpha value is -1.88. The van der Waals surface area contributed by atoms with Gasteiger partial charge < -0.3 is 8.92 Å². The van der Waals surface area contributed by atoms with Gasteiger partial charge in [0.05, 0.1) is 7.11 Å². The highest BCUT2D eigenvalue weighted by molar-refractivity contribution is 9.10. The molecule has 6 nitrogen and oxygen atoms in total. The highest BCUT2D eigenvalue weighted by Crippen LogP contribution is 2.37. The molecule has 0 aliphatic heterocycles. The van der Waals surface area contributed by atoms with Crippen molar-refractivity contribution in [1.82, 2.24) is 4.98 Å². The predicted octanol–water partition coefficient (Wildman–Crippen LogP) is 3.01. The van der Waals surface area contributed by atoms with E-state index in [-0.39, 0.29) is 10.9 Å². The Morgan fingerprint density at radius 1 is 1.35 bits per heavy atom. The van der Waals surface area contributed by atoms with E-state index in [1.54, 1.807) is 0 Å². The van der Waals surface area contributed by atoms with Crippen molar-refractivity contribution in [2.24, 2.45) is 0 Å². The smallest absolute Gasteiger partial charge is 0.465 e. The van der Waals surface area contributed by atoms with Gasteiger partial charge in [0.1, 0.15) is 11.1 Å². The highest BCUT2D eigenvalue weighted by Gasteiger charge is 2.49. The quantitative estimate of drug-likeness (QED) is 0.437. The lowest BCUT2D eigenvalue weighted by Crippen LogP contribution is -2.28. The third-order valence-corrected chi connectivity index (χ3v) is 4.29. The Balaban J connectivity index is 2.79. The van der Waals surface area contributed by atoms with Gasteiger partial charge in [-0.3, -0.25) is 4.98 Å². The van der Waals surface area contributed by atoms with Gasteiger partial charge in [-0.15, -0.1) is 0 Å². The molecule has 0 saturated carbocycles. The van der Waals surface area contributed by atoms with E-state index in [4.69, 9.17) is 0 Å². The second-order valence-electron chi connectivity index (χ2n) is 4.11. The first-order chi connectivity index (χ1) is 10.6. The summed E-state index contributed by atoms with van der Waals surface area (Å²) < 4.78 is 69.1. The number of pyridine rings is 1. The highest BCUT2D eigenvalue weighted by atomic mass is 79.9. The topological polar surface area (TPSA) is 82.6 Å². The average molecular weight is 414 g/mol. The van der Waals surface area contributed by atoms with Crippen molar-refractivity contribution in [3.05, 3.63) is 34.4 Å². The van der Waals surface area contributed by atoms with Crippen molar-refractivity contribution in [3.8, 4) is 5.75 Å². The summed E-state index contributed by atoms with van der Waals surface area (Å²) in [6, 6.07) is 4.03. The van der Waals surface area contributed by atoms with Gasteiger partial charge in [0.2, 0.25) is 0 Å². The van der Waals surface area contributed by atoms with Crippen LogP contribution in [0.2, 0.25) is 0 Å². The maximum atomic E-state index is 12.6.